The molecule has 1 aliphatic rings. The number of aromatic nitrogens is 1. The molecule has 0 saturated carbocycles. The van der Waals surface area contributed by atoms with Crippen molar-refractivity contribution >= 4 is 28.7 Å². The highest BCUT2D eigenvalue weighted by molar-refractivity contribution is 7.89. The summed E-state index contributed by atoms with van der Waals surface area (Å²) in [6.07, 6.45) is 3.34. The van der Waals surface area contributed by atoms with Gasteiger partial charge in [-0.25, -0.2) is 5.84 Å². The third-order valence-corrected chi connectivity index (χ3v) is 8.68. The molecule has 3 aromatic rings. The number of hydrogen-bond donors (Lipinski definition) is 3. The summed E-state index contributed by atoms with van der Waals surface area (Å²) in [6.45, 7) is 7.67. The zero-order chi connectivity index (χ0) is 26.7. The van der Waals surface area contributed by atoms with E-state index in [4.69, 9.17) is 11.6 Å². The highest BCUT2D eigenvalue weighted by Crippen LogP contribution is 2.37. The van der Waals surface area contributed by atoms with Crippen molar-refractivity contribution in [1.82, 2.24) is 9.29 Å². The van der Waals surface area contributed by atoms with Crippen LogP contribution in [-0.4, -0.2) is 38.0 Å². The molecule has 1 aliphatic heterocycles. The lowest BCUT2D eigenvalue weighted by atomic mass is 9.84. The lowest BCUT2D eigenvalue weighted by Crippen LogP contribution is -2.31. The molecular weight excluding hydrogens is 486 g/mol. The smallest absolute Gasteiger partial charge is 0.304 e. The number of rotatable bonds is 8. The first kappa shape index (κ1) is 26.9. The molecule has 0 amide bonds. The van der Waals surface area contributed by atoms with E-state index in [9.17, 15) is 14.5 Å². The monoisotopic (exact) mass is 521 g/mol. The van der Waals surface area contributed by atoms with Crippen LogP contribution in [0.2, 0.25) is 0 Å². The Morgan fingerprint density at radius 2 is 2.05 bits per heavy atom. The summed E-state index contributed by atoms with van der Waals surface area (Å²) < 4.78 is 15.4. The number of carboxylic acid groups (broad SMARTS) is 1. The van der Waals surface area contributed by atoms with E-state index in [0.29, 0.717) is 25.3 Å². The molecule has 196 valence electrons. The van der Waals surface area contributed by atoms with Gasteiger partial charge in [0, 0.05) is 25.2 Å². The second-order valence-electron chi connectivity index (χ2n) is 9.50. The molecule has 0 fully saturated rings. The Bertz CT molecular complexity index is 1280. The molecule has 5 N–H and O–H groups in total. The Morgan fingerprint density at radius 1 is 1.27 bits per heavy atom. The maximum atomic E-state index is 13.4. The number of fused-ring (bicyclic) bond motifs is 1. The number of hydrogen-bond acceptors (Lipinski definition) is 7. The van der Waals surface area contributed by atoms with Gasteiger partial charge in [-0.3, -0.25) is 9.78 Å². The maximum Gasteiger partial charge on any atom is 0.304 e. The van der Waals surface area contributed by atoms with Crippen LogP contribution in [0.3, 0.4) is 0 Å². The molecule has 2 unspecified atom stereocenters. The Morgan fingerprint density at radius 3 is 2.78 bits per heavy atom. The van der Waals surface area contributed by atoms with Gasteiger partial charge in [-0.05, 0) is 79.6 Å². The molecule has 4 rings (SSSR count). The van der Waals surface area contributed by atoms with Gasteiger partial charge in [-0.2, -0.15) is 0 Å². The van der Waals surface area contributed by atoms with Gasteiger partial charge in [0.15, 0.2) is 4.90 Å². The molecule has 0 aliphatic carbocycles. The van der Waals surface area contributed by atoms with Crippen molar-refractivity contribution in [2.24, 2.45) is 5.84 Å². The average Bonchev–Trinajstić information content (AvgIpc) is 3.04. The van der Waals surface area contributed by atoms with E-state index in [2.05, 4.69) is 11.1 Å². The van der Waals surface area contributed by atoms with E-state index >= 15 is 0 Å². The van der Waals surface area contributed by atoms with Crippen LogP contribution >= 0.6 is 0 Å². The number of nitrogens with two attached hydrogens (primary N) is 2. The summed E-state index contributed by atoms with van der Waals surface area (Å²) in [6, 6.07) is 13.6. The standard InChI is InChI=1S/C28H35N5O3S/c1-4-33(30)25-12-11-22(19(3)28(25)29)23(16-27(34)35)20-10-9-18(2)21(15-20)17-32-14-6-7-24-26(37(32)36)8-5-13-31-24/h5,8-13,15,23H,4,6-7,14,16-17,29-30H2,1-3H3,(H,34,35). The number of nitrogen functional groups attached to an aromatic ring is 1. The van der Waals surface area contributed by atoms with E-state index in [1.807, 2.05) is 61.5 Å². The number of anilines is 2. The van der Waals surface area contributed by atoms with Gasteiger partial charge in [0.2, 0.25) is 0 Å². The van der Waals surface area contributed by atoms with Gasteiger partial charge in [-0.15, -0.1) is 4.31 Å². The largest absolute Gasteiger partial charge is 0.593 e. The SMILES string of the molecule is CCN(N)c1ccc(C(CC(=O)O)c2ccc(C)c(CN3CCCc4ncccc4[S+]3[O-])c2)c(C)c1N. The van der Waals surface area contributed by atoms with E-state index < -0.39 is 17.3 Å². The summed E-state index contributed by atoms with van der Waals surface area (Å²) in [7, 11) is 0. The van der Waals surface area contributed by atoms with Crippen molar-refractivity contribution in [2.45, 2.75) is 57.4 Å². The number of aliphatic carboxylic acids is 1. The third-order valence-electron chi connectivity index (χ3n) is 7.15. The first-order valence-electron chi connectivity index (χ1n) is 12.5. The van der Waals surface area contributed by atoms with Gasteiger partial charge in [0.1, 0.15) is 0 Å². The second-order valence-corrected chi connectivity index (χ2v) is 11.0. The average molecular weight is 522 g/mol. The molecule has 37 heavy (non-hydrogen) atoms. The molecule has 1 aromatic heterocycles. The predicted molar refractivity (Wildman–Crippen MR) is 147 cm³/mol. The molecule has 2 aromatic carbocycles. The molecule has 2 heterocycles. The minimum absolute atomic E-state index is 0.0725. The molecule has 0 saturated heterocycles. The normalized spacial score (nSPS) is 16.6. The summed E-state index contributed by atoms with van der Waals surface area (Å²) in [4.78, 5) is 17.1. The molecule has 0 bridgehead atoms. The number of aryl methyl sites for hydroxylation is 2. The molecule has 9 heteroatoms. The molecular formula is C28H35N5O3S. The van der Waals surface area contributed by atoms with Crippen molar-refractivity contribution in [2.75, 3.05) is 23.8 Å². The minimum atomic E-state index is -1.31. The summed E-state index contributed by atoms with van der Waals surface area (Å²) in [5, 5.41) is 11.4. The van der Waals surface area contributed by atoms with Gasteiger partial charge in [0.05, 0.1) is 41.4 Å². The fourth-order valence-electron chi connectivity index (χ4n) is 4.93. The van der Waals surface area contributed by atoms with E-state index in [-0.39, 0.29) is 12.3 Å². The molecule has 2 atom stereocenters. The predicted octanol–water partition coefficient (Wildman–Crippen LogP) is 4.06. The minimum Gasteiger partial charge on any atom is -0.593 e. The van der Waals surface area contributed by atoms with Crippen molar-refractivity contribution < 1.29 is 14.5 Å². The Labute approximate surface area is 221 Å². The second kappa shape index (κ2) is 11.5. The van der Waals surface area contributed by atoms with Crippen LogP contribution in [0.5, 0.6) is 0 Å². The van der Waals surface area contributed by atoms with Crippen LogP contribution in [0, 0.1) is 13.8 Å². The lowest BCUT2D eigenvalue weighted by molar-refractivity contribution is -0.137. The summed E-state index contributed by atoms with van der Waals surface area (Å²) in [5.74, 6) is 4.81. The number of pyridine rings is 1. The van der Waals surface area contributed by atoms with Crippen molar-refractivity contribution in [3.63, 3.8) is 0 Å². The summed E-state index contributed by atoms with van der Waals surface area (Å²) >= 11 is -1.31. The number of benzene rings is 2. The fraction of sp³-hybridized carbons (Fsp3) is 0.357. The molecule has 8 nitrogen and oxygen atoms in total. The number of carboxylic acids is 1. The van der Waals surface area contributed by atoms with E-state index in [0.717, 1.165) is 56.9 Å². The quantitative estimate of drug-likeness (QED) is 0.175. The zero-order valence-corrected chi connectivity index (χ0v) is 22.4. The van der Waals surface area contributed by atoms with Gasteiger partial charge < -0.3 is 20.4 Å². The van der Waals surface area contributed by atoms with Gasteiger partial charge in [-0.1, -0.05) is 24.3 Å². The van der Waals surface area contributed by atoms with Crippen LogP contribution < -0.4 is 16.6 Å². The van der Waals surface area contributed by atoms with Crippen LogP contribution in [0.4, 0.5) is 11.4 Å². The highest BCUT2D eigenvalue weighted by Gasteiger charge is 2.30. The lowest BCUT2D eigenvalue weighted by Gasteiger charge is -2.26. The number of hydrazine groups is 1. The topological polar surface area (TPSA) is 132 Å². The van der Waals surface area contributed by atoms with Gasteiger partial charge >= 0.3 is 5.97 Å². The Kier molecular flexibility index (Phi) is 8.39. The van der Waals surface area contributed by atoms with Crippen molar-refractivity contribution in [3.8, 4) is 0 Å². The highest BCUT2D eigenvalue weighted by atomic mass is 32.2. The van der Waals surface area contributed by atoms with Gasteiger partial charge in [0.25, 0.3) is 0 Å². The fourth-order valence-corrected chi connectivity index (χ4v) is 6.31. The van der Waals surface area contributed by atoms with Crippen molar-refractivity contribution in [1.29, 1.82) is 0 Å². The Hall–Kier alpha value is -3.11. The molecule has 0 spiro atoms. The van der Waals surface area contributed by atoms with Crippen LogP contribution in [-0.2, 0) is 29.1 Å². The first-order chi connectivity index (χ1) is 17.7. The van der Waals surface area contributed by atoms with Crippen LogP contribution in [0.25, 0.3) is 0 Å². The Balaban J connectivity index is 1.69. The molecule has 0 radical (unpaired) electrons. The van der Waals surface area contributed by atoms with Crippen LogP contribution in [0.1, 0.15) is 59.2 Å². The van der Waals surface area contributed by atoms with E-state index in [1.165, 1.54) is 0 Å². The van der Waals surface area contributed by atoms with Crippen molar-refractivity contribution in [3.05, 3.63) is 82.2 Å². The van der Waals surface area contributed by atoms with Crippen LogP contribution in [0.15, 0.2) is 53.6 Å². The first-order valence-corrected chi connectivity index (χ1v) is 13.6. The van der Waals surface area contributed by atoms with E-state index in [1.54, 1.807) is 11.2 Å². The zero-order valence-electron chi connectivity index (χ0n) is 21.6. The summed E-state index contributed by atoms with van der Waals surface area (Å²) in [5.41, 5.74) is 13.3. The third kappa shape index (κ3) is 5.75. The number of carbonyl (C=O) groups is 1. The maximum absolute atomic E-state index is 13.4. The number of nitrogens with zero attached hydrogens (tertiary/aromatic N) is 3.